The summed E-state index contributed by atoms with van der Waals surface area (Å²) in [6, 6.07) is 8.52. The molecule has 1 atom stereocenters. The van der Waals surface area contributed by atoms with E-state index in [1.54, 1.807) is 0 Å². The van der Waals surface area contributed by atoms with Crippen LogP contribution in [0.25, 0.3) is 0 Å². The summed E-state index contributed by atoms with van der Waals surface area (Å²) in [6.07, 6.45) is -1.09. The van der Waals surface area contributed by atoms with Crippen LogP contribution in [-0.2, 0) is 16.1 Å². The van der Waals surface area contributed by atoms with Gasteiger partial charge in [0.1, 0.15) is 12.6 Å². The van der Waals surface area contributed by atoms with E-state index in [1.807, 2.05) is 30.3 Å². The molecule has 0 aliphatic carbocycles. The SMILES string of the molecule is O=C(OCc1ccccc1)C1CNCCN1C(=O)O. The highest BCUT2D eigenvalue weighted by atomic mass is 16.5. The molecule has 0 aromatic heterocycles. The predicted molar refractivity (Wildman–Crippen MR) is 67.6 cm³/mol. The number of hydrogen-bond donors (Lipinski definition) is 2. The van der Waals surface area contributed by atoms with Gasteiger partial charge in [0.05, 0.1) is 0 Å². The molecule has 0 saturated carbocycles. The third kappa shape index (κ3) is 3.45. The number of carboxylic acid groups (broad SMARTS) is 1. The van der Waals surface area contributed by atoms with Gasteiger partial charge in [-0.15, -0.1) is 0 Å². The van der Waals surface area contributed by atoms with E-state index in [4.69, 9.17) is 9.84 Å². The zero-order chi connectivity index (χ0) is 13.7. The molecular formula is C13H16N2O4. The molecule has 1 unspecified atom stereocenters. The first-order valence-electron chi connectivity index (χ1n) is 6.09. The second-order valence-electron chi connectivity index (χ2n) is 4.29. The third-order valence-electron chi connectivity index (χ3n) is 2.99. The van der Waals surface area contributed by atoms with Gasteiger partial charge in [-0.1, -0.05) is 30.3 Å². The smallest absolute Gasteiger partial charge is 0.408 e. The second-order valence-corrected chi connectivity index (χ2v) is 4.29. The number of amides is 1. The normalized spacial score (nSPS) is 18.9. The monoisotopic (exact) mass is 264 g/mol. The molecule has 1 aromatic carbocycles. The van der Waals surface area contributed by atoms with Gasteiger partial charge in [-0.25, -0.2) is 9.59 Å². The lowest BCUT2D eigenvalue weighted by molar-refractivity contribution is -0.151. The van der Waals surface area contributed by atoms with Crippen molar-refractivity contribution in [2.75, 3.05) is 19.6 Å². The summed E-state index contributed by atoms with van der Waals surface area (Å²) in [7, 11) is 0. The minimum absolute atomic E-state index is 0.156. The van der Waals surface area contributed by atoms with Crippen LogP contribution >= 0.6 is 0 Å². The molecule has 102 valence electrons. The quantitative estimate of drug-likeness (QED) is 0.785. The molecule has 1 amide bonds. The number of carbonyl (C=O) groups excluding carboxylic acids is 1. The van der Waals surface area contributed by atoms with Gasteiger partial charge >= 0.3 is 12.1 Å². The van der Waals surface area contributed by atoms with Crippen LogP contribution in [0.15, 0.2) is 30.3 Å². The summed E-state index contributed by atoms with van der Waals surface area (Å²) in [4.78, 5) is 24.1. The van der Waals surface area contributed by atoms with E-state index in [9.17, 15) is 9.59 Å². The summed E-state index contributed by atoms with van der Waals surface area (Å²) in [5, 5.41) is 12.0. The van der Waals surface area contributed by atoms with Crippen molar-refractivity contribution in [2.24, 2.45) is 0 Å². The zero-order valence-electron chi connectivity index (χ0n) is 10.4. The molecule has 19 heavy (non-hydrogen) atoms. The number of nitrogens with one attached hydrogen (secondary N) is 1. The summed E-state index contributed by atoms with van der Waals surface area (Å²) >= 11 is 0. The highest BCUT2D eigenvalue weighted by Gasteiger charge is 2.33. The molecule has 6 heteroatoms. The molecule has 0 spiro atoms. The fraction of sp³-hybridized carbons (Fsp3) is 0.385. The summed E-state index contributed by atoms with van der Waals surface area (Å²) in [5.41, 5.74) is 0.876. The zero-order valence-corrected chi connectivity index (χ0v) is 10.4. The number of ether oxygens (including phenoxy) is 1. The van der Waals surface area contributed by atoms with Crippen molar-refractivity contribution in [2.45, 2.75) is 12.6 Å². The predicted octanol–water partition coefficient (Wildman–Crippen LogP) is 0.682. The van der Waals surface area contributed by atoms with Crippen molar-refractivity contribution in [3.63, 3.8) is 0 Å². The van der Waals surface area contributed by atoms with E-state index < -0.39 is 18.1 Å². The van der Waals surface area contributed by atoms with Crippen molar-refractivity contribution in [3.8, 4) is 0 Å². The molecule has 0 bridgehead atoms. The minimum atomic E-state index is -1.09. The van der Waals surface area contributed by atoms with Crippen molar-refractivity contribution >= 4 is 12.1 Å². The van der Waals surface area contributed by atoms with Gasteiger partial charge in [0.25, 0.3) is 0 Å². The summed E-state index contributed by atoms with van der Waals surface area (Å²) < 4.78 is 5.16. The number of hydrogen-bond acceptors (Lipinski definition) is 4. The van der Waals surface area contributed by atoms with Crippen LogP contribution in [0.4, 0.5) is 4.79 Å². The number of benzene rings is 1. The Morgan fingerprint density at radius 1 is 1.37 bits per heavy atom. The molecule has 1 aliphatic rings. The summed E-state index contributed by atoms with van der Waals surface area (Å²) in [5.74, 6) is -0.515. The lowest BCUT2D eigenvalue weighted by atomic mass is 10.2. The molecule has 1 fully saturated rings. The Bertz CT molecular complexity index is 449. The van der Waals surface area contributed by atoms with Gasteiger partial charge in [0.2, 0.25) is 0 Å². The first-order chi connectivity index (χ1) is 9.18. The molecular weight excluding hydrogens is 248 g/mol. The Morgan fingerprint density at radius 3 is 2.79 bits per heavy atom. The van der Waals surface area contributed by atoms with Crippen LogP contribution in [0.2, 0.25) is 0 Å². The van der Waals surface area contributed by atoms with E-state index in [-0.39, 0.29) is 6.61 Å². The van der Waals surface area contributed by atoms with Gasteiger partial charge in [0.15, 0.2) is 0 Å². The lowest BCUT2D eigenvalue weighted by Crippen LogP contribution is -2.57. The maximum atomic E-state index is 11.9. The van der Waals surface area contributed by atoms with Gasteiger partial charge in [-0.05, 0) is 5.56 Å². The van der Waals surface area contributed by atoms with Gasteiger partial charge in [-0.2, -0.15) is 0 Å². The van der Waals surface area contributed by atoms with E-state index >= 15 is 0 Å². The average Bonchev–Trinajstić information content (AvgIpc) is 2.46. The molecule has 1 aromatic rings. The Balaban J connectivity index is 1.93. The van der Waals surface area contributed by atoms with Gasteiger partial charge in [-0.3, -0.25) is 4.90 Å². The average molecular weight is 264 g/mol. The maximum Gasteiger partial charge on any atom is 0.408 e. The topological polar surface area (TPSA) is 78.9 Å². The standard InChI is InChI=1S/C13H16N2O4/c16-12(19-9-10-4-2-1-3-5-10)11-8-14-6-7-15(11)13(17)18/h1-5,11,14H,6-9H2,(H,17,18). The van der Waals surface area contributed by atoms with E-state index in [1.165, 1.54) is 0 Å². The largest absolute Gasteiger partial charge is 0.465 e. The second kappa shape index (κ2) is 6.19. The van der Waals surface area contributed by atoms with Crippen LogP contribution < -0.4 is 5.32 Å². The van der Waals surface area contributed by atoms with Crippen LogP contribution in [0.3, 0.4) is 0 Å². The number of esters is 1. The van der Waals surface area contributed by atoms with Crippen molar-refractivity contribution in [3.05, 3.63) is 35.9 Å². The summed E-state index contributed by atoms with van der Waals surface area (Å²) in [6.45, 7) is 1.29. The molecule has 0 radical (unpaired) electrons. The molecule has 2 N–H and O–H groups in total. The minimum Gasteiger partial charge on any atom is -0.465 e. The molecule has 1 aliphatic heterocycles. The highest BCUT2D eigenvalue weighted by Crippen LogP contribution is 2.08. The van der Waals surface area contributed by atoms with E-state index in [0.29, 0.717) is 19.6 Å². The molecule has 1 saturated heterocycles. The van der Waals surface area contributed by atoms with E-state index in [2.05, 4.69) is 5.32 Å². The Hall–Kier alpha value is -2.08. The first kappa shape index (κ1) is 13.4. The Morgan fingerprint density at radius 2 is 2.11 bits per heavy atom. The third-order valence-corrected chi connectivity index (χ3v) is 2.99. The van der Waals surface area contributed by atoms with Crippen LogP contribution in [0.1, 0.15) is 5.56 Å². The molecule has 6 nitrogen and oxygen atoms in total. The van der Waals surface area contributed by atoms with Crippen molar-refractivity contribution in [1.29, 1.82) is 0 Å². The fourth-order valence-electron chi connectivity index (χ4n) is 1.97. The Labute approximate surface area is 111 Å². The Kier molecular flexibility index (Phi) is 4.35. The van der Waals surface area contributed by atoms with Gasteiger partial charge < -0.3 is 15.2 Å². The van der Waals surface area contributed by atoms with Crippen LogP contribution in [0.5, 0.6) is 0 Å². The van der Waals surface area contributed by atoms with Crippen molar-refractivity contribution in [1.82, 2.24) is 10.2 Å². The lowest BCUT2D eigenvalue weighted by Gasteiger charge is -2.32. The number of piperazine rings is 1. The highest BCUT2D eigenvalue weighted by molar-refractivity contribution is 5.81. The maximum absolute atomic E-state index is 11.9. The molecule has 1 heterocycles. The van der Waals surface area contributed by atoms with E-state index in [0.717, 1.165) is 10.5 Å². The molecule has 2 rings (SSSR count). The first-order valence-corrected chi connectivity index (χ1v) is 6.09. The van der Waals surface area contributed by atoms with Crippen molar-refractivity contribution < 1.29 is 19.4 Å². The number of nitrogens with zero attached hydrogens (tertiary/aromatic N) is 1. The van der Waals surface area contributed by atoms with Crippen LogP contribution in [0, 0.1) is 0 Å². The van der Waals surface area contributed by atoms with Gasteiger partial charge in [0, 0.05) is 19.6 Å². The number of carbonyl (C=O) groups is 2. The number of rotatable bonds is 3. The fourth-order valence-corrected chi connectivity index (χ4v) is 1.97. The van der Waals surface area contributed by atoms with Crippen LogP contribution in [-0.4, -0.2) is 47.7 Å².